The summed E-state index contributed by atoms with van der Waals surface area (Å²) < 4.78 is 0. The lowest BCUT2D eigenvalue weighted by molar-refractivity contribution is -0.134. The lowest BCUT2D eigenvalue weighted by atomic mass is 9.99. The minimum atomic E-state index is 0. The van der Waals surface area contributed by atoms with Crippen LogP contribution in [0.1, 0.15) is 39.5 Å². The van der Waals surface area contributed by atoms with Gasteiger partial charge in [-0.05, 0) is 32.6 Å². The molecule has 1 heterocycles. The van der Waals surface area contributed by atoms with Gasteiger partial charge in [0.05, 0.1) is 0 Å². The third-order valence-corrected chi connectivity index (χ3v) is 4.55. The van der Waals surface area contributed by atoms with Crippen LogP contribution in [0.2, 0.25) is 0 Å². The van der Waals surface area contributed by atoms with Crippen LogP contribution in [-0.4, -0.2) is 54.0 Å². The fraction of sp³-hybridized carbons (Fsp3) is 0.929. The van der Waals surface area contributed by atoms with Crippen LogP contribution in [0.3, 0.4) is 0 Å². The molecule has 2 aliphatic rings. The molecule has 120 valence electrons. The molecule has 0 aromatic carbocycles. The van der Waals surface area contributed by atoms with E-state index < -0.39 is 0 Å². The summed E-state index contributed by atoms with van der Waals surface area (Å²) in [6.45, 7) is 8.24. The van der Waals surface area contributed by atoms with Gasteiger partial charge in [0, 0.05) is 44.7 Å². The molecule has 0 spiro atoms. The van der Waals surface area contributed by atoms with Crippen molar-refractivity contribution in [2.45, 2.75) is 51.6 Å². The van der Waals surface area contributed by atoms with E-state index in [0.29, 0.717) is 24.3 Å². The number of hydrogen-bond donors (Lipinski definition) is 1. The molecule has 6 heteroatoms. The molecule has 2 rings (SSSR count). The molecule has 1 aliphatic heterocycles. The maximum absolute atomic E-state index is 12.2. The van der Waals surface area contributed by atoms with Gasteiger partial charge in [0.15, 0.2) is 0 Å². The maximum atomic E-state index is 12.2. The van der Waals surface area contributed by atoms with Gasteiger partial charge in [-0.2, -0.15) is 0 Å². The first kappa shape index (κ1) is 20.0. The number of piperazine rings is 1. The van der Waals surface area contributed by atoms with Crippen molar-refractivity contribution in [3.05, 3.63) is 0 Å². The van der Waals surface area contributed by atoms with E-state index in [9.17, 15) is 4.79 Å². The number of hydrogen-bond acceptors (Lipinski definition) is 3. The largest absolute Gasteiger partial charge is 0.340 e. The van der Waals surface area contributed by atoms with Gasteiger partial charge in [-0.25, -0.2) is 0 Å². The number of halogens is 2. The SMILES string of the molecule is CC(C)N1CCN(C(=O)C[C@@H]2CCC[C@H]2N)CC1.Cl.Cl. The molecular formula is C14H29Cl2N3O. The van der Waals surface area contributed by atoms with Crippen molar-refractivity contribution >= 4 is 30.7 Å². The molecule has 2 N–H and O–H groups in total. The zero-order valence-electron chi connectivity index (χ0n) is 12.6. The predicted molar refractivity (Wildman–Crippen MR) is 87.7 cm³/mol. The number of carbonyl (C=O) groups is 1. The van der Waals surface area contributed by atoms with Crippen LogP contribution in [0, 0.1) is 5.92 Å². The first-order valence-corrected chi connectivity index (χ1v) is 7.35. The van der Waals surface area contributed by atoms with Crippen LogP contribution in [0.5, 0.6) is 0 Å². The highest BCUT2D eigenvalue weighted by molar-refractivity contribution is 5.85. The Hall–Kier alpha value is -0.0300. The van der Waals surface area contributed by atoms with Crippen molar-refractivity contribution in [1.29, 1.82) is 0 Å². The summed E-state index contributed by atoms with van der Waals surface area (Å²) in [7, 11) is 0. The average molecular weight is 326 g/mol. The van der Waals surface area contributed by atoms with Crippen molar-refractivity contribution in [3.8, 4) is 0 Å². The van der Waals surface area contributed by atoms with E-state index in [-0.39, 0.29) is 30.9 Å². The van der Waals surface area contributed by atoms with Crippen molar-refractivity contribution in [2.75, 3.05) is 26.2 Å². The second-order valence-corrected chi connectivity index (χ2v) is 6.07. The summed E-state index contributed by atoms with van der Waals surface area (Å²) in [5.74, 6) is 0.751. The number of nitrogens with two attached hydrogens (primary N) is 1. The minimum absolute atomic E-state index is 0. The van der Waals surface area contributed by atoms with Crippen LogP contribution >= 0.6 is 24.8 Å². The van der Waals surface area contributed by atoms with Crippen molar-refractivity contribution in [3.63, 3.8) is 0 Å². The maximum Gasteiger partial charge on any atom is 0.222 e. The number of carbonyl (C=O) groups excluding carboxylic acids is 1. The molecule has 0 unspecified atom stereocenters. The lowest BCUT2D eigenvalue weighted by Crippen LogP contribution is -2.51. The predicted octanol–water partition coefficient (Wildman–Crippen LogP) is 1.90. The lowest BCUT2D eigenvalue weighted by Gasteiger charge is -2.37. The van der Waals surface area contributed by atoms with E-state index >= 15 is 0 Å². The fourth-order valence-electron chi connectivity index (χ4n) is 3.16. The summed E-state index contributed by atoms with van der Waals surface area (Å²) in [6, 6.07) is 0.844. The Morgan fingerprint density at radius 2 is 1.75 bits per heavy atom. The molecule has 0 bridgehead atoms. The summed E-state index contributed by atoms with van der Waals surface area (Å²) >= 11 is 0. The van der Waals surface area contributed by atoms with Gasteiger partial charge in [-0.1, -0.05) is 6.42 Å². The molecular weight excluding hydrogens is 297 g/mol. The minimum Gasteiger partial charge on any atom is -0.340 e. The van der Waals surface area contributed by atoms with Gasteiger partial charge in [0.1, 0.15) is 0 Å². The highest BCUT2D eigenvalue weighted by atomic mass is 35.5. The molecule has 0 aromatic heterocycles. The monoisotopic (exact) mass is 325 g/mol. The first-order chi connectivity index (χ1) is 8.58. The molecule has 20 heavy (non-hydrogen) atoms. The van der Waals surface area contributed by atoms with Gasteiger partial charge in [0.25, 0.3) is 0 Å². The normalized spacial score (nSPS) is 27.1. The van der Waals surface area contributed by atoms with Crippen LogP contribution in [-0.2, 0) is 4.79 Å². The Morgan fingerprint density at radius 1 is 1.15 bits per heavy atom. The summed E-state index contributed by atoms with van der Waals surface area (Å²) in [5.41, 5.74) is 6.04. The second-order valence-electron chi connectivity index (χ2n) is 6.07. The van der Waals surface area contributed by atoms with E-state index in [0.717, 1.165) is 39.0 Å². The van der Waals surface area contributed by atoms with Gasteiger partial charge < -0.3 is 10.6 Å². The quantitative estimate of drug-likeness (QED) is 0.862. The van der Waals surface area contributed by atoms with Crippen LogP contribution < -0.4 is 5.73 Å². The van der Waals surface area contributed by atoms with E-state index in [1.54, 1.807) is 0 Å². The Kier molecular flexibility index (Phi) is 9.07. The van der Waals surface area contributed by atoms with Crippen molar-refractivity contribution in [2.24, 2.45) is 11.7 Å². The molecule has 1 saturated heterocycles. The Morgan fingerprint density at radius 3 is 2.20 bits per heavy atom. The zero-order chi connectivity index (χ0) is 13.1. The van der Waals surface area contributed by atoms with E-state index in [1.165, 1.54) is 6.42 Å². The molecule has 0 aromatic rings. The zero-order valence-corrected chi connectivity index (χ0v) is 14.2. The van der Waals surface area contributed by atoms with E-state index in [2.05, 4.69) is 18.7 Å². The smallest absolute Gasteiger partial charge is 0.222 e. The Bertz CT molecular complexity index is 294. The third-order valence-electron chi connectivity index (χ3n) is 4.55. The van der Waals surface area contributed by atoms with Gasteiger partial charge in [0.2, 0.25) is 5.91 Å². The first-order valence-electron chi connectivity index (χ1n) is 7.35. The average Bonchev–Trinajstić information content (AvgIpc) is 2.75. The highest BCUT2D eigenvalue weighted by Gasteiger charge is 2.29. The Labute approximate surface area is 135 Å². The van der Waals surface area contributed by atoms with Crippen LogP contribution in [0.25, 0.3) is 0 Å². The van der Waals surface area contributed by atoms with Crippen LogP contribution in [0.4, 0.5) is 0 Å². The summed E-state index contributed by atoms with van der Waals surface area (Å²) in [5, 5.41) is 0. The second kappa shape index (κ2) is 9.08. The molecule has 2 fully saturated rings. The molecule has 1 amide bonds. The molecule has 4 nitrogen and oxygen atoms in total. The molecule has 1 saturated carbocycles. The highest BCUT2D eigenvalue weighted by Crippen LogP contribution is 2.27. The van der Waals surface area contributed by atoms with Gasteiger partial charge >= 0.3 is 0 Å². The van der Waals surface area contributed by atoms with Gasteiger partial charge in [-0.15, -0.1) is 24.8 Å². The number of rotatable bonds is 3. The van der Waals surface area contributed by atoms with E-state index in [1.807, 2.05) is 4.90 Å². The van der Waals surface area contributed by atoms with Crippen LogP contribution in [0.15, 0.2) is 0 Å². The van der Waals surface area contributed by atoms with Gasteiger partial charge in [-0.3, -0.25) is 9.69 Å². The fourth-order valence-corrected chi connectivity index (χ4v) is 3.16. The standard InChI is InChI=1S/C14H27N3O.2ClH/c1-11(2)16-6-8-17(9-7-16)14(18)10-12-4-3-5-13(12)15;;/h11-13H,3-10,15H2,1-2H3;2*1H/t12-,13+;;/m0../s1. The van der Waals surface area contributed by atoms with Crippen molar-refractivity contribution in [1.82, 2.24) is 9.80 Å². The number of amides is 1. The number of nitrogens with zero attached hydrogens (tertiary/aromatic N) is 2. The molecule has 0 radical (unpaired) electrons. The van der Waals surface area contributed by atoms with E-state index in [4.69, 9.17) is 5.73 Å². The van der Waals surface area contributed by atoms with Crippen molar-refractivity contribution < 1.29 is 4.79 Å². The molecule has 1 aliphatic carbocycles. The summed E-state index contributed by atoms with van der Waals surface area (Å²) in [4.78, 5) is 16.7. The Balaban J connectivity index is 0.00000180. The topological polar surface area (TPSA) is 49.6 Å². The third kappa shape index (κ3) is 5.06. The summed E-state index contributed by atoms with van der Waals surface area (Å²) in [6.07, 6.45) is 4.10. The molecule has 2 atom stereocenters.